The van der Waals surface area contributed by atoms with Gasteiger partial charge in [0.15, 0.2) is 11.5 Å². The maximum absolute atomic E-state index is 5.41. The second-order valence-corrected chi connectivity index (χ2v) is 6.58. The Morgan fingerprint density at radius 1 is 1.17 bits per heavy atom. The van der Waals surface area contributed by atoms with Gasteiger partial charge in [0.2, 0.25) is 5.89 Å². The first-order valence-electron chi connectivity index (χ1n) is 7.47. The number of nitrogens with one attached hydrogen (secondary N) is 1. The fourth-order valence-corrected chi connectivity index (χ4v) is 3.24. The van der Waals surface area contributed by atoms with E-state index in [-0.39, 0.29) is 5.25 Å². The average molecular weight is 338 g/mol. The van der Waals surface area contributed by atoms with Crippen molar-refractivity contribution >= 4 is 22.9 Å². The van der Waals surface area contributed by atoms with Gasteiger partial charge in [0.25, 0.3) is 0 Å². The van der Waals surface area contributed by atoms with E-state index in [0.29, 0.717) is 23.8 Å². The molecule has 0 fully saturated rings. The van der Waals surface area contributed by atoms with Gasteiger partial charge in [-0.2, -0.15) is 4.98 Å². The number of hydrogen-bond donors (Lipinski definition) is 1. The molecule has 4 rings (SSSR count). The number of fused-ring (bicyclic) bond motifs is 1. The van der Waals surface area contributed by atoms with Crippen LogP contribution in [0.15, 0.2) is 52.5 Å². The number of rotatable bonds is 5. The lowest BCUT2D eigenvalue weighted by Gasteiger charge is -2.05. The molecule has 1 aromatic carbocycles. The Morgan fingerprint density at radius 3 is 2.92 bits per heavy atom. The van der Waals surface area contributed by atoms with Crippen LogP contribution >= 0.6 is 11.8 Å². The Kier molecular flexibility index (Phi) is 3.96. The Hall–Kier alpha value is -2.74. The molecular formula is C16H14N6OS. The Morgan fingerprint density at radius 2 is 2.04 bits per heavy atom. The molecule has 1 N–H and O–H groups in total. The summed E-state index contributed by atoms with van der Waals surface area (Å²) in [6.07, 6.45) is 3.77. The monoisotopic (exact) mass is 338 g/mol. The minimum absolute atomic E-state index is 0.0246. The number of aromatic nitrogens is 6. The minimum Gasteiger partial charge on any atom is -0.341 e. The van der Waals surface area contributed by atoms with Gasteiger partial charge in [0.05, 0.1) is 11.6 Å². The van der Waals surface area contributed by atoms with E-state index in [1.54, 1.807) is 6.33 Å². The lowest BCUT2D eigenvalue weighted by molar-refractivity contribution is 0.375. The SMILES string of the molecule is C[C@@H](Sc1ncnc2nc[nH]c12)c1nc(Cc2ccccc2)no1. The second kappa shape index (κ2) is 6.40. The van der Waals surface area contributed by atoms with Crippen molar-refractivity contribution in [1.29, 1.82) is 0 Å². The van der Waals surface area contributed by atoms with Crippen LogP contribution in [0.1, 0.15) is 29.5 Å². The van der Waals surface area contributed by atoms with Crippen LogP contribution in [0.5, 0.6) is 0 Å². The van der Waals surface area contributed by atoms with Crippen molar-refractivity contribution in [3.8, 4) is 0 Å². The molecule has 0 saturated carbocycles. The smallest absolute Gasteiger partial charge is 0.239 e. The topological polar surface area (TPSA) is 93.4 Å². The maximum Gasteiger partial charge on any atom is 0.239 e. The third kappa shape index (κ3) is 3.00. The highest BCUT2D eigenvalue weighted by molar-refractivity contribution is 7.99. The second-order valence-electron chi connectivity index (χ2n) is 5.25. The zero-order valence-electron chi connectivity index (χ0n) is 12.9. The zero-order valence-corrected chi connectivity index (χ0v) is 13.7. The van der Waals surface area contributed by atoms with Gasteiger partial charge < -0.3 is 9.51 Å². The van der Waals surface area contributed by atoms with E-state index in [9.17, 15) is 0 Å². The first-order valence-corrected chi connectivity index (χ1v) is 8.34. The van der Waals surface area contributed by atoms with Crippen molar-refractivity contribution in [2.24, 2.45) is 0 Å². The van der Waals surface area contributed by atoms with Gasteiger partial charge in [0, 0.05) is 6.42 Å². The molecule has 0 bridgehead atoms. The molecule has 4 aromatic rings. The minimum atomic E-state index is -0.0246. The third-order valence-corrected chi connectivity index (χ3v) is 4.60. The van der Waals surface area contributed by atoms with Gasteiger partial charge in [-0.1, -0.05) is 47.3 Å². The van der Waals surface area contributed by atoms with Crippen molar-refractivity contribution < 1.29 is 4.52 Å². The van der Waals surface area contributed by atoms with Crippen LogP contribution in [0.4, 0.5) is 0 Å². The molecule has 0 radical (unpaired) electrons. The Bertz CT molecular complexity index is 951. The van der Waals surface area contributed by atoms with E-state index < -0.39 is 0 Å². The molecule has 0 saturated heterocycles. The van der Waals surface area contributed by atoms with Crippen LogP contribution in [0.3, 0.4) is 0 Å². The van der Waals surface area contributed by atoms with E-state index in [2.05, 4.69) is 30.1 Å². The maximum atomic E-state index is 5.41. The van der Waals surface area contributed by atoms with E-state index in [4.69, 9.17) is 4.52 Å². The molecule has 0 unspecified atom stereocenters. The highest BCUT2D eigenvalue weighted by atomic mass is 32.2. The van der Waals surface area contributed by atoms with Gasteiger partial charge in [0.1, 0.15) is 16.9 Å². The Balaban J connectivity index is 1.51. The number of aromatic amines is 1. The predicted octanol–water partition coefficient (Wildman–Crippen LogP) is 3.18. The molecule has 0 aliphatic carbocycles. The lowest BCUT2D eigenvalue weighted by Crippen LogP contribution is -1.94. The summed E-state index contributed by atoms with van der Waals surface area (Å²) in [7, 11) is 0. The fraction of sp³-hybridized carbons (Fsp3) is 0.188. The van der Waals surface area contributed by atoms with Crippen LogP contribution in [0.25, 0.3) is 11.2 Å². The van der Waals surface area contributed by atoms with Gasteiger partial charge in [-0.3, -0.25) is 0 Å². The summed E-state index contributed by atoms with van der Waals surface area (Å²) >= 11 is 1.53. The van der Waals surface area contributed by atoms with Crippen molar-refractivity contribution in [2.75, 3.05) is 0 Å². The summed E-state index contributed by atoms with van der Waals surface area (Å²) in [5, 5.41) is 4.86. The summed E-state index contributed by atoms with van der Waals surface area (Å²) < 4.78 is 5.41. The van der Waals surface area contributed by atoms with Gasteiger partial charge >= 0.3 is 0 Å². The average Bonchev–Trinajstić information content (AvgIpc) is 3.25. The molecule has 3 heterocycles. The highest BCUT2D eigenvalue weighted by Crippen LogP contribution is 2.35. The zero-order chi connectivity index (χ0) is 16.4. The predicted molar refractivity (Wildman–Crippen MR) is 89.5 cm³/mol. The number of imidazole rings is 1. The van der Waals surface area contributed by atoms with Crippen molar-refractivity contribution in [3.05, 3.63) is 60.3 Å². The third-order valence-electron chi connectivity index (χ3n) is 3.51. The summed E-state index contributed by atoms with van der Waals surface area (Å²) in [6.45, 7) is 2.01. The van der Waals surface area contributed by atoms with E-state index in [1.807, 2.05) is 37.3 Å². The fourth-order valence-electron chi connectivity index (χ4n) is 2.33. The number of hydrogen-bond acceptors (Lipinski definition) is 7. The van der Waals surface area contributed by atoms with E-state index in [0.717, 1.165) is 16.1 Å². The van der Waals surface area contributed by atoms with Crippen LogP contribution in [-0.4, -0.2) is 30.1 Å². The van der Waals surface area contributed by atoms with Crippen LogP contribution in [0, 0.1) is 0 Å². The molecule has 0 aliphatic heterocycles. The normalized spacial score (nSPS) is 12.5. The van der Waals surface area contributed by atoms with Crippen molar-refractivity contribution in [2.45, 2.75) is 23.6 Å². The number of H-pyrrole nitrogens is 1. The molecule has 24 heavy (non-hydrogen) atoms. The molecule has 0 spiro atoms. The van der Waals surface area contributed by atoms with Crippen molar-refractivity contribution in [1.82, 2.24) is 30.1 Å². The molecule has 0 aliphatic rings. The Labute approximate surface area is 141 Å². The van der Waals surface area contributed by atoms with Gasteiger partial charge in [-0.15, -0.1) is 0 Å². The summed E-state index contributed by atoms with van der Waals surface area (Å²) in [5.74, 6) is 1.26. The first-order chi connectivity index (χ1) is 11.8. The highest BCUT2D eigenvalue weighted by Gasteiger charge is 2.18. The van der Waals surface area contributed by atoms with E-state index in [1.165, 1.54) is 18.1 Å². The van der Waals surface area contributed by atoms with Crippen molar-refractivity contribution in [3.63, 3.8) is 0 Å². The molecular weight excluding hydrogens is 324 g/mol. The molecule has 3 aromatic heterocycles. The summed E-state index contributed by atoms with van der Waals surface area (Å²) in [6, 6.07) is 10.1. The lowest BCUT2D eigenvalue weighted by atomic mass is 10.1. The quantitative estimate of drug-likeness (QED) is 0.441. The molecule has 7 nitrogen and oxygen atoms in total. The molecule has 120 valence electrons. The standard InChI is InChI=1S/C16H14N6OS/c1-10(24-16-13-14(18-8-17-13)19-9-20-16)15-21-12(22-23-15)7-11-5-3-2-4-6-11/h2-6,8-10H,7H2,1H3,(H,17,18,19,20)/t10-/m1/s1. The number of nitrogens with zero attached hydrogens (tertiary/aromatic N) is 5. The largest absolute Gasteiger partial charge is 0.341 e. The molecule has 0 amide bonds. The van der Waals surface area contributed by atoms with Crippen LogP contribution in [-0.2, 0) is 6.42 Å². The van der Waals surface area contributed by atoms with Gasteiger partial charge in [-0.05, 0) is 12.5 Å². The molecule has 8 heteroatoms. The van der Waals surface area contributed by atoms with E-state index >= 15 is 0 Å². The summed E-state index contributed by atoms with van der Waals surface area (Å²) in [4.78, 5) is 20.1. The number of benzene rings is 1. The van der Waals surface area contributed by atoms with Crippen LogP contribution < -0.4 is 0 Å². The molecule has 1 atom stereocenters. The summed E-state index contributed by atoms with van der Waals surface area (Å²) in [5.41, 5.74) is 2.62. The van der Waals surface area contributed by atoms with Crippen LogP contribution in [0.2, 0.25) is 0 Å². The first kappa shape index (κ1) is 14.8. The number of thioether (sulfide) groups is 1. The van der Waals surface area contributed by atoms with Gasteiger partial charge in [-0.25, -0.2) is 15.0 Å².